The number of fused-ring (bicyclic) bond motifs is 2. The lowest BCUT2D eigenvalue weighted by Crippen LogP contribution is -2.36. The number of rotatable bonds is 1. The van der Waals surface area contributed by atoms with Crippen molar-refractivity contribution in [3.05, 3.63) is 0 Å². The second-order valence-electron chi connectivity index (χ2n) is 5.41. The van der Waals surface area contributed by atoms with E-state index in [0.717, 1.165) is 29.6 Å². The van der Waals surface area contributed by atoms with Gasteiger partial charge in [-0.05, 0) is 49.4 Å². The summed E-state index contributed by atoms with van der Waals surface area (Å²) in [5.41, 5.74) is 6.11. The van der Waals surface area contributed by atoms with Crippen LogP contribution in [0.4, 0.5) is 0 Å². The second kappa shape index (κ2) is 3.27. The summed E-state index contributed by atoms with van der Waals surface area (Å²) in [5, 5.41) is 0. The van der Waals surface area contributed by atoms with Gasteiger partial charge in [0.1, 0.15) is 0 Å². The summed E-state index contributed by atoms with van der Waals surface area (Å²) in [5.74, 6) is 4.55. The Balaban J connectivity index is 2.21. The van der Waals surface area contributed by atoms with Crippen molar-refractivity contribution >= 4 is 0 Å². The molecule has 2 aliphatic carbocycles. The maximum absolute atomic E-state index is 6.11. The molecule has 0 radical (unpaired) electrons. The van der Waals surface area contributed by atoms with Crippen LogP contribution in [0.15, 0.2) is 0 Å². The van der Waals surface area contributed by atoms with Gasteiger partial charge in [0.2, 0.25) is 0 Å². The zero-order valence-electron chi connectivity index (χ0n) is 9.16. The molecule has 1 heteroatoms. The molecule has 0 spiro atoms. The van der Waals surface area contributed by atoms with Gasteiger partial charge in [-0.25, -0.2) is 0 Å². The van der Waals surface area contributed by atoms with Gasteiger partial charge in [0.05, 0.1) is 0 Å². The Bertz CT molecular complexity index is 172. The molecule has 2 N–H and O–H groups in total. The highest BCUT2D eigenvalue weighted by molar-refractivity contribution is 4.99. The van der Waals surface area contributed by atoms with Crippen LogP contribution in [0, 0.1) is 29.6 Å². The van der Waals surface area contributed by atoms with Crippen molar-refractivity contribution in [3.63, 3.8) is 0 Å². The van der Waals surface area contributed by atoms with Gasteiger partial charge >= 0.3 is 0 Å². The van der Waals surface area contributed by atoms with E-state index in [9.17, 15) is 0 Å². The van der Waals surface area contributed by atoms with E-state index >= 15 is 0 Å². The van der Waals surface area contributed by atoms with Crippen LogP contribution in [0.3, 0.4) is 0 Å². The monoisotopic (exact) mass is 181 g/mol. The van der Waals surface area contributed by atoms with Gasteiger partial charge in [0.15, 0.2) is 0 Å². The van der Waals surface area contributed by atoms with E-state index in [4.69, 9.17) is 5.73 Å². The lowest BCUT2D eigenvalue weighted by atomic mass is 9.74. The quantitative estimate of drug-likeness (QED) is 0.661. The molecule has 2 saturated carbocycles. The second-order valence-corrected chi connectivity index (χ2v) is 5.41. The molecule has 2 fully saturated rings. The highest BCUT2D eigenvalue weighted by Gasteiger charge is 2.48. The van der Waals surface area contributed by atoms with Gasteiger partial charge in [-0.3, -0.25) is 0 Å². The van der Waals surface area contributed by atoms with Gasteiger partial charge in [0, 0.05) is 6.04 Å². The van der Waals surface area contributed by atoms with Crippen LogP contribution < -0.4 is 5.73 Å². The van der Waals surface area contributed by atoms with E-state index in [1.54, 1.807) is 0 Å². The van der Waals surface area contributed by atoms with Gasteiger partial charge in [-0.15, -0.1) is 0 Å². The molecule has 0 aromatic heterocycles. The number of nitrogens with two attached hydrogens (primary N) is 1. The van der Waals surface area contributed by atoms with Gasteiger partial charge in [0.25, 0.3) is 0 Å². The molecule has 0 amide bonds. The molecular formula is C12H23N. The van der Waals surface area contributed by atoms with E-state index in [-0.39, 0.29) is 0 Å². The van der Waals surface area contributed by atoms with Gasteiger partial charge < -0.3 is 5.73 Å². The smallest absolute Gasteiger partial charge is 0.00442 e. The Morgan fingerprint density at radius 3 is 1.85 bits per heavy atom. The molecule has 6 atom stereocenters. The summed E-state index contributed by atoms with van der Waals surface area (Å²) in [6.07, 6.45) is 4.33. The molecule has 2 bridgehead atoms. The average Bonchev–Trinajstić information content (AvgIpc) is 2.26. The Kier molecular flexibility index (Phi) is 2.39. The van der Waals surface area contributed by atoms with E-state index in [1.165, 1.54) is 19.3 Å². The Morgan fingerprint density at radius 1 is 1.08 bits per heavy atom. The molecular weight excluding hydrogens is 158 g/mol. The predicted molar refractivity (Wildman–Crippen MR) is 56.3 cm³/mol. The summed E-state index contributed by atoms with van der Waals surface area (Å²) in [7, 11) is 0. The normalized spacial score (nSPS) is 52.2. The van der Waals surface area contributed by atoms with Crippen LogP contribution in [0.1, 0.15) is 40.0 Å². The Labute approximate surface area is 82.1 Å². The zero-order valence-corrected chi connectivity index (χ0v) is 9.16. The summed E-state index contributed by atoms with van der Waals surface area (Å²) < 4.78 is 0. The predicted octanol–water partition coefficient (Wildman–Crippen LogP) is 2.65. The average molecular weight is 181 g/mol. The first kappa shape index (κ1) is 9.51. The first-order valence-electron chi connectivity index (χ1n) is 5.88. The van der Waals surface area contributed by atoms with E-state index < -0.39 is 0 Å². The molecule has 0 aromatic carbocycles. The molecule has 0 aliphatic heterocycles. The Hall–Kier alpha value is -0.0400. The minimum atomic E-state index is 0.419. The van der Waals surface area contributed by atoms with Crippen LogP contribution in [0.25, 0.3) is 0 Å². The summed E-state index contributed by atoms with van der Waals surface area (Å²) in [4.78, 5) is 0. The summed E-state index contributed by atoms with van der Waals surface area (Å²) in [6, 6.07) is 0.419. The fourth-order valence-electron chi connectivity index (χ4n) is 4.08. The van der Waals surface area contributed by atoms with Crippen LogP contribution in [0.2, 0.25) is 0 Å². The minimum Gasteiger partial charge on any atom is -0.328 e. The van der Waals surface area contributed by atoms with Crippen molar-refractivity contribution in [1.82, 2.24) is 0 Å². The minimum absolute atomic E-state index is 0.419. The molecule has 0 heterocycles. The van der Waals surface area contributed by atoms with Crippen LogP contribution in [-0.4, -0.2) is 6.04 Å². The molecule has 0 aromatic rings. The third kappa shape index (κ3) is 1.32. The van der Waals surface area contributed by atoms with Gasteiger partial charge in [-0.2, -0.15) is 0 Å². The topological polar surface area (TPSA) is 26.0 Å². The number of hydrogen-bond acceptors (Lipinski definition) is 1. The first-order chi connectivity index (χ1) is 6.13. The maximum atomic E-state index is 6.11. The largest absolute Gasteiger partial charge is 0.328 e. The summed E-state index contributed by atoms with van der Waals surface area (Å²) in [6.45, 7) is 7.09. The van der Waals surface area contributed by atoms with Crippen molar-refractivity contribution in [2.75, 3.05) is 0 Å². The Morgan fingerprint density at radius 2 is 1.54 bits per heavy atom. The van der Waals surface area contributed by atoms with Crippen LogP contribution >= 0.6 is 0 Å². The SMILES string of the molecule is CC(N)C1[C@H]2CCC[C@@H]1[C@H](C)[C@@H]2C. The highest BCUT2D eigenvalue weighted by atomic mass is 14.7. The number of hydrogen-bond donors (Lipinski definition) is 1. The zero-order chi connectivity index (χ0) is 9.59. The molecule has 76 valence electrons. The van der Waals surface area contributed by atoms with Crippen molar-refractivity contribution in [3.8, 4) is 0 Å². The first-order valence-corrected chi connectivity index (χ1v) is 5.88. The van der Waals surface area contributed by atoms with E-state index in [1.807, 2.05) is 0 Å². The van der Waals surface area contributed by atoms with Crippen LogP contribution in [-0.2, 0) is 0 Å². The summed E-state index contributed by atoms with van der Waals surface area (Å²) >= 11 is 0. The third-order valence-corrected chi connectivity index (χ3v) is 4.85. The lowest BCUT2D eigenvalue weighted by molar-refractivity contribution is 0.181. The molecule has 2 unspecified atom stereocenters. The molecule has 1 nitrogen and oxygen atoms in total. The molecule has 13 heavy (non-hydrogen) atoms. The van der Waals surface area contributed by atoms with Crippen molar-refractivity contribution in [2.24, 2.45) is 35.3 Å². The van der Waals surface area contributed by atoms with Crippen LogP contribution in [0.5, 0.6) is 0 Å². The fraction of sp³-hybridized carbons (Fsp3) is 1.00. The maximum Gasteiger partial charge on any atom is 0.00442 e. The van der Waals surface area contributed by atoms with E-state index in [0.29, 0.717) is 6.04 Å². The van der Waals surface area contributed by atoms with Gasteiger partial charge in [-0.1, -0.05) is 20.3 Å². The molecule has 2 rings (SSSR count). The standard InChI is InChI=1S/C12H23N/c1-7-8(2)11-6-4-5-10(7)12(11)9(3)13/h7-12H,4-6,13H2,1-3H3/t7-,8+,9?,10-,11+,12?. The van der Waals surface area contributed by atoms with E-state index in [2.05, 4.69) is 20.8 Å². The molecule has 2 aliphatic rings. The fourth-order valence-corrected chi connectivity index (χ4v) is 4.08. The van der Waals surface area contributed by atoms with Crippen molar-refractivity contribution in [2.45, 2.75) is 46.1 Å². The lowest BCUT2D eigenvalue weighted by Gasteiger charge is -2.34. The third-order valence-electron chi connectivity index (χ3n) is 4.85. The highest BCUT2D eigenvalue weighted by Crippen LogP contribution is 2.54. The molecule has 0 saturated heterocycles. The van der Waals surface area contributed by atoms with Crippen molar-refractivity contribution in [1.29, 1.82) is 0 Å². The van der Waals surface area contributed by atoms with Crippen molar-refractivity contribution < 1.29 is 0 Å².